The summed E-state index contributed by atoms with van der Waals surface area (Å²) in [6.07, 6.45) is -2.04. The lowest BCUT2D eigenvalue weighted by atomic mass is 9.85. The largest absolute Gasteiger partial charge is 0.466 e. The fourth-order valence-corrected chi connectivity index (χ4v) is 5.74. The predicted octanol–water partition coefficient (Wildman–Crippen LogP) is 5.62. The summed E-state index contributed by atoms with van der Waals surface area (Å²) in [5, 5.41) is 2.77. The van der Waals surface area contributed by atoms with Crippen molar-refractivity contribution < 1.29 is 27.5 Å². The molecule has 0 radical (unpaired) electrons. The van der Waals surface area contributed by atoms with Crippen molar-refractivity contribution in [1.29, 1.82) is 0 Å². The number of alkyl halides is 3. The maximum absolute atomic E-state index is 13.9. The van der Waals surface area contributed by atoms with E-state index in [1.807, 2.05) is 13.8 Å². The number of aromatic nitrogens is 2. The molecule has 4 rings (SSSR count). The van der Waals surface area contributed by atoms with Crippen LogP contribution in [-0.4, -0.2) is 45.0 Å². The van der Waals surface area contributed by atoms with Gasteiger partial charge in [-0.05, 0) is 78.0 Å². The third-order valence-corrected chi connectivity index (χ3v) is 7.85. The number of anilines is 1. The van der Waals surface area contributed by atoms with Crippen LogP contribution < -0.4 is 10.9 Å². The second kappa shape index (κ2) is 11.8. The van der Waals surface area contributed by atoms with E-state index < -0.39 is 28.7 Å². The molecule has 1 fully saturated rings. The SMILES string of the molecule is CCOC(=O)[C@H]1CC[C@@H](n2c(NC(C)C)nc3c(c2=O)C[C@@H](C)N(C(=O)c2ccc(Cl)c(C(F)(F)F)c2)C3)CC1. The zero-order chi connectivity index (χ0) is 29.4. The summed E-state index contributed by atoms with van der Waals surface area (Å²) in [6.45, 7) is 7.69. The number of hydrogen-bond acceptors (Lipinski definition) is 6. The fourth-order valence-electron chi connectivity index (χ4n) is 5.51. The molecule has 0 spiro atoms. The maximum atomic E-state index is 13.9. The van der Waals surface area contributed by atoms with E-state index in [1.54, 1.807) is 18.4 Å². The summed E-state index contributed by atoms with van der Waals surface area (Å²) in [7, 11) is 0. The van der Waals surface area contributed by atoms with Gasteiger partial charge in [-0.1, -0.05) is 11.6 Å². The first-order valence-corrected chi connectivity index (χ1v) is 13.9. The lowest BCUT2D eigenvalue weighted by Gasteiger charge is -2.36. The molecule has 40 heavy (non-hydrogen) atoms. The number of benzene rings is 1. The van der Waals surface area contributed by atoms with Crippen LogP contribution in [0.5, 0.6) is 0 Å². The molecule has 2 heterocycles. The predicted molar refractivity (Wildman–Crippen MR) is 144 cm³/mol. The number of carbonyl (C=O) groups is 2. The fraction of sp³-hybridized carbons (Fsp3) is 0.571. The van der Waals surface area contributed by atoms with Crippen LogP contribution >= 0.6 is 11.6 Å². The smallest absolute Gasteiger partial charge is 0.417 e. The molecule has 0 bridgehead atoms. The monoisotopic (exact) mass is 582 g/mol. The van der Waals surface area contributed by atoms with Gasteiger partial charge in [0.2, 0.25) is 5.95 Å². The third-order valence-electron chi connectivity index (χ3n) is 7.53. The van der Waals surface area contributed by atoms with Crippen molar-refractivity contribution in [2.75, 3.05) is 11.9 Å². The van der Waals surface area contributed by atoms with Gasteiger partial charge in [-0.2, -0.15) is 13.2 Å². The molecule has 0 saturated heterocycles. The molecule has 2 aromatic rings. The molecule has 12 heteroatoms. The van der Waals surface area contributed by atoms with Crippen molar-refractivity contribution in [2.24, 2.45) is 5.92 Å². The number of ether oxygens (including phenoxy) is 1. The molecule has 1 aliphatic heterocycles. The van der Waals surface area contributed by atoms with Crippen molar-refractivity contribution in [3.8, 4) is 0 Å². The number of esters is 1. The molecule has 8 nitrogen and oxygen atoms in total. The molecule has 1 amide bonds. The Bertz CT molecular complexity index is 1340. The van der Waals surface area contributed by atoms with E-state index in [4.69, 9.17) is 21.3 Å². The van der Waals surface area contributed by atoms with E-state index in [1.165, 1.54) is 11.0 Å². The zero-order valence-corrected chi connectivity index (χ0v) is 23.7. The van der Waals surface area contributed by atoms with Gasteiger partial charge in [-0.15, -0.1) is 0 Å². The van der Waals surface area contributed by atoms with Gasteiger partial charge in [0, 0.05) is 29.3 Å². The highest BCUT2D eigenvalue weighted by atomic mass is 35.5. The van der Waals surface area contributed by atoms with E-state index in [0.717, 1.165) is 12.1 Å². The molecule has 1 aromatic carbocycles. The summed E-state index contributed by atoms with van der Waals surface area (Å²) in [4.78, 5) is 45.6. The molecule has 1 saturated carbocycles. The standard InChI is InChI=1S/C28H34ClF3N4O4/c1-5-40-26(39)17-6-9-19(10-7-17)36-25(38)20-12-16(4)35(14-23(20)34-27(36)33-15(2)3)24(37)18-8-11-22(29)21(13-18)28(30,31)32/h8,11,13,15-17,19H,5-7,9-10,12,14H2,1-4H3,(H,33,34)/t16-,17-,19+/m1/s1. The van der Waals surface area contributed by atoms with Crippen LogP contribution in [0.3, 0.4) is 0 Å². The summed E-state index contributed by atoms with van der Waals surface area (Å²) < 4.78 is 47.1. The molecular weight excluding hydrogens is 549 g/mol. The van der Waals surface area contributed by atoms with Crippen LogP contribution in [0, 0.1) is 5.92 Å². The van der Waals surface area contributed by atoms with Crippen molar-refractivity contribution in [1.82, 2.24) is 14.5 Å². The summed E-state index contributed by atoms with van der Waals surface area (Å²) >= 11 is 5.74. The number of amides is 1. The van der Waals surface area contributed by atoms with Crippen LogP contribution in [0.1, 0.15) is 86.6 Å². The van der Waals surface area contributed by atoms with Gasteiger partial charge < -0.3 is 15.0 Å². The highest BCUT2D eigenvalue weighted by molar-refractivity contribution is 6.31. The first-order chi connectivity index (χ1) is 18.8. The Morgan fingerprint density at radius 3 is 2.48 bits per heavy atom. The molecule has 1 N–H and O–H groups in total. The Kier molecular flexibility index (Phi) is 8.82. The second-order valence-electron chi connectivity index (χ2n) is 10.8. The first kappa shape index (κ1) is 29.9. The van der Waals surface area contributed by atoms with Crippen LogP contribution in [0.2, 0.25) is 5.02 Å². The normalized spacial score (nSPS) is 21.2. The van der Waals surface area contributed by atoms with Crippen LogP contribution in [-0.2, 0) is 28.7 Å². The highest BCUT2D eigenvalue weighted by Gasteiger charge is 2.37. The molecule has 1 aliphatic carbocycles. The molecule has 1 atom stereocenters. The topological polar surface area (TPSA) is 93.5 Å². The van der Waals surface area contributed by atoms with Crippen LogP contribution in [0.15, 0.2) is 23.0 Å². The molecular formula is C28H34ClF3N4O4. The number of halogens is 4. The van der Waals surface area contributed by atoms with Gasteiger partial charge in [-0.25, -0.2) is 4.98 Å². The van der Waals surface area contributed by atoms with Crippen molar-refractivity contribution in [3.63, 3.8) is 0 Å². The Morgan fingerprint density at radius 1 is 1.20 bits per heavy atom. The van der Waals surface area contributed by atoms with Gasteiger partial charge in [0.25, 0.3) is 11.5 Å². The summed E-state index contributed by atoms with van der Waals surface area (Å²) in [5.74, 6) is -0.614. The molecule has 2 aliphatic rings. The molecule has 0 unspecified atom stereocenters. The second-order valence-corrected chi connectivity index (χ2v) is 11.2. The minimum atomic E-state index is -4.70. The quantitative estimate of drug-likeness (QED) is 0.445. The molecule has 218 valence electrons. The average Bonchev–Trinajstić information content (AvgIpc) is 2.88. The number of nitrogens with zero attached hydrogens (tertiary/aromatic N) is 3. The van der Waals surface area contributed by atoms with Gasteiger partial charge in [0.15, 0.2) is 0 Å². The van der Waals surface area contributed by atoms with E-state index in [-0.39, 0.29) is 48.1 Å². The number of nitrogens with one attached hydrogen (secondary N) is 1. The zero-order valence-electron chi connectivity index (χ0n) is 23.0. The number of hydrogen-bond donors (Lipinski definition) is 1. The van der Waals surface area contributed by atoms with E-state index in [0.29, 0.717) is 49.5 Å². The van der Waals surface area contributed by atoms with E-state index in [2.05, 4.69) is 5.32 Å². The maximum Gasteiger partial charge on any atom is 0.417 e. The van der Waals surface area contributed by atoms with Gasteiger partial charge in [-0.3, -0.25) is 19.0 Å². The van der Waals surface area contributed by atoms with Crippen LogP contribution in [0.25, 0.3) is 0 Å². The number of rotatable bonds is 6. The Hall–Kier alpha value is -3.08. The average molecular weight is 583 g/mol. The van der Waals surface area contributed by atoms with Crippen molar-refractivity contribution >= 4 is 29.4 Å². The first-order valence-electron chi connectivity index (χ1n) is 13.6. The lowest BCUT2D eigenvalue weighted by Crippen LogP contribution is -2.47. The third kappa shape index (κ3) is 6.14. The number of fused-ring (bicyclic) bond motifs is 1. The summed E-state index contributed by atoms with van der Waals surface area (Å²) in [6, 6.07) is 2.46. The minimum absolute atomic E-state index is 0.0161. The van der Waals surface area contributed by atoms with Crippen molar-refractivity contribution in [3.05, 3.63) is 56.0 Å². The Balaban J connectivity index is 1.65. The highest BCUT2D eigenvalue weighted by Crippen LogP contribution is 2.37. The Morgan fingerprint density at radius 2 is 1.88 bits per heavy atom. The molecule has 1 aromatic heterocycles. The Labute approximate surface area is 235 Å². The minimum Gasteiger partial charge on any atom is -0.466 e. The van der Waals surface area contributed by atoms with Gasteiger partial charge in [0.05, 0.1) is 35.3 Å². The lowest BCUT2D eigenvalue weighted by molar-refractivity contribution is -0.149. The summed E-state index contributed by atoms with van der Waals surface area (Å²) in [5.41, 5.74) is -0.504. The van der Waals surface area contributed by atoms with Gasteiger partial charge in [0.1, 0.15) is 0 Å². The van der Waals surface area contributed by atoms with Crippen LogP contribution in [0.4, 0.5) is 19.1 Å². The van der Waals surface area contributed by atoms with E-state index >= 15 is 0 Å². The van der Waals surface area contributed by atoms with Crippen molar-refractivity contribution in [2.45, 2.75) is 90.6 Å². The van der Waals surface area contributed by atoms with Gasteiger partial charge >= 0.3 is 12.1 Å². The number of carbonyl (C=O) groups excluding carboxylic acids is 2. The van der Waals surface area contributed by atoms with E-state index in [9.17, 15) is 27.6 Å².